The minimum absolute atomic E-state index is 0. The van der Waals surface area contributed by atoms with E-state index in [9.17, 15) is 0 Å². The number of halogens is 1. The maximum Gasteiger partial charge on any atom is 0.169 e. The molecule has 126 valence electrons. The van der Waals surface area contributed by atoms with Gasteiger partial charge in [-0.05, 0) is 43.8 Å². The molecule has 0 bridgehead atoms. The molecule has 0 aromatic heterocycles. The Morgan fingerprint density at radius 3 is 2.00 bits per heavy atom. The van der Waals surface area contributed by atoms with E-state index in [-0.39, 0.29) is 12.4 Å². The van der Waals surface area contributed by atoms with Crippen molar-refractivity contribution >= 4 is 12.4 Å². The molecule has 0 atom stereocenters. The van der Waals surface area contributed by atoms with Crippen LogP contribution in [0.5, 0.6) is 17.2 Å². The minimum atomic E-state index is 0. The summed E-state index contributed by atoms with van der Waals surface area (Å²) < 4.78 is 11.9. The molecule has 0 N–H and O–H groups in total. The van der Waals surface area contributed by atoms with Crippen LogP contribution < -0.4 is 9.47 Å². The summed E-state index contributed by atoms with van der Waals surface area (Å²) in [7, 11) is 0. The van der Waals surface area contributed by atoms with Crippen molar-refractivity contribution in [1.29, 1.82) is 0 Å². The number of para-hydroxylation sites is 3. The maximum atomic E-state index is 6.01. The molecule has 0 fully saturated rings. The van der Waals surface area contributed by atoms with Crippen LogP contribution >= 0.6 is 12.4 Å². The van der Waals surface area contributed by atoms with E-state index in [2.05, 4.69) is 18.7 Å². The van der Waals surface area contributed by atoms with E-state index < -0.39 is 0 Å². The van der Waals surface area contributed by atoms with Crippen LogP contribution in [0, 0.1) is 6.92 Å². The van der Waals surface area contributed by atoms with Gasteiger partial charge in [-0.2, -0.15) is 0 Å². The average molecular weight is 336 g/mol. The van der Waals surface area contributed by atoms with E-state index in [0.29, 0.717) is 6.61 Å². The second-order valence-electron chi connectivity index (χ2n) is 5.19. The highest BCUT2D eigenvalue weighted by Crippen LogP contribution is 2.32. The first-order chi connectivity index (χ1) is 10.7. The lowest BCUT2D eigenvalue weighted by Crippen LogP contribution is -2.27. The smallest absolute Gasteiger partial charge is 0.169 e. The number of rotatable bonds is 8. The fourth-order valence-corrected chi connectivity index (χ4v) is 2.27. The van der Waals surface area contributed by atoms with E-state index in [4.69, 9.17) is 9.47 Å². The van der Waals surface area contributed by atoms with Crippen molar-refractivity contribution < 1.29 is 9.47 Å². The molecule has 4 heteroatoms. The second-order valence-corrected chi connectivity index (χ2v) is 5.19. The average Bonchev–Trinajstić information content (AvgIpc) is 2.55. The van der Waals surface area contributed by atoms with Crippen molar-refractivity contribution in [3.05, 3.63) is 54.1 Å². The van der Waals surface area contributed by atoms with Gasteiger partial charge in [0.05, 0.1) is 0 Å². The van der Waals surface area contributed by atoms with Gasteiger partial charge in [0, 0.05) is 6.54 Å². The van der Waals surface area contributed by atoms with Crippen LogP contribution in [0.2, 0.25) is 0 Å². The third kappa shape index (κ3) is 5.77. The molecule has 0 radical (unpaired) electrons. The van der Waals surface area contributed by atoms with Gasteiger partial charge < -0.3 is 14.4 Å². The highest BCUT2D eigenvalue weighted by molar-refractivity contribution is 5.85. The third-order valence-corrected chi connectivity index (χ3v) is 3.72. The normalized spacial score (nSPS) is 10.3. The van der Waals surface area contributed by atoms with Gasteiger partial charge in [0.25, 0.3) is 0 Å². The van der Waals surface area contributed by atoms with Crippen LogP contribution in [0.4, 0.5) is 0 Å². The molecule has 0 heterocycles. The maximum absolute atomic E-state index is 6.01. The Hall–Kier alpha value is -1.71. The fraction of sp³-hybridized carbons (Fsp3) is 0.368. The van der Waals surface area contributed by atoms with Gasteiger partial charge in [-0.3, -0.25) is 0 Å². The summed E-state index contributed by atoms with van der Waals surface area (Å²) in [6, 6.07) is 15.8. The van der Waals surface area contributed by atoms with E-state index >= 15 is 0 Å². The Morgan fingerprint density at radius 1 is 0.826 bits per heavy atom. The lowest BCUT2D eigenvalue weighted by Gasteiger charge is -2.19. The fourth-order valence-electron chi connectivity index (χ4n) is 2.27. The molecule has 2 rings (SSSR count). The molecule has 0 aliphatic heterocycles. The zero-order chi connectivity index (χ0) is 15.8. The van der Waals surface area contributed by atoms with Crippen molar-refractivity contribution in [3.8, 4) is 17.2 Å². The second kappa shape index (κ2) is 10.1. The molecule has 2 aromatic carbocycles. The molecule has 23 heavy (non-hydrogen) atoms. The lowest BCUT2D eigenvalue weighted by molar-refractivity contribution is 0.218. The molecule has 0 saturated heterocycles. The van der Waals surface area contributed by atoms with Gasteiger partial charge in [-0.15, -0.1) is 12.4 Å². The van der Waals surface area contributed by atoms with Gasteiger partial charge in [0.2, 0.25) is 0 Å². The predicted molar refractivity (Wildman–Crippen MR) is 98.2 cm³/mol. The molecule has 0 unspecified atom stereocenters. The van der Waals surface area contributed by atoms with Gasteiger partial charge in [-0.25, -0.2) is 0 Å². The molecule has 0 saturated carbocycles. The highest BCUT2D eigenvalue weighted by atomic mass is 35.5. The van der Waals surface area contributed by atoms with Crippen molar-refractivity contribution in [2.24, 2.45) is 0 Å². The summed E-state index contributed by atoms with van der Waals surface area (Å²) in [4.78, 5) is 2.34. The molecule has 0 amide bonds. The Bertz CT molecular complexity index is 585. The molecular formula is C19H26ClNO2. The van der Waals surface area contributed by atoms with Gasteiger partial charge >= 0.3 is 0 Å². The zero-order valence-corrected chi connectivity index (χ0v) is 14.9. The minimum Gasteiger partial charge on any atom is -0.488 e. The number of likely N-dealkylation sites (N-methyl/N-ethyl adjacent to an activating group) is 1. The summed E-state index contributed by atoms with van der Waals surface area (Å²) >= 11 is 0. The first kappa shape index (κ1) is 19.3. The van der Waals surface area contributed by atoms with Crippen LogP contribution in [0.15, 0.2) is 48.5 Å². The summed E-state index contributed by atoms with van der Waals surface area (Å²) in [5.41, 5.74) is 1.11. The molecule has 0 spiro atoms. The van der Waals surface area contributed by atoms with Crippen LogP contribution in [0.25, 0.3) is 0 Å². The molecule has 0 aliphatic carbocycles. The molecule has 0 aliphatic rings. The number of hydrogen-bond donors (Lipinski definition) is 0. The summed E-state index contributed by atoms with van der Waals surface area (Å²) in [5.74, 6) is 2.41. The standard InChI is InChI=1S/C19H25NO2.ClH/c1-4-20(5-2)14-15-21-18-12-8-9-13-19(18)22-17-11-7-6-10-16(17)3;/h6-13H,4-5,14-15H2,1-3H3;1H. The van der Waals surface area contributed by atoms with Crippen LogP contribution in [-0.4, -0.2) is 31.1 Å². The SMILES string of the molecule is CCN(CC)CCOc1ccccc1Oc1ccccc1C.Cl. The predicted octanol–water partition coefficient (Wildman–Crippen LogP) is 4.93. The first-order valence-corrected chi connectivity index (χ1v) is 7.92. The Labute approximate surface area is 145 Å². The topological polar surface area (TPSA) is 21.7 Å². The first-order valence-electron chi connectivity index (χ1n) is 7.92. The lowest BCUT2D eigenvalue weighted by atomic mass is 10.2. The number of aryl methyl sites for hydroxylation is 1. The number of ether oxygens (including phenoxy) is 2. The summed E-state index contributed by atoms with van der Waals surface area (Å²) in [5, 5.41) is 0. The Balaban J connectivity index is 0.00000264. The number of benzene rings is 2. The van der Waals surface area contributed by atoms with Gasteiger partial charge in [0.15, 0.2) is 11.5 Å². The molecular weight excluding hydrogens is 310 g/mol. The van der Waals surface area contributed by atoms with E-state index in [0.717, 1.165) is 42.4 Å². The van der Waals surface area contributed by atoms with Crippen LogP contribution in [0.1, 0.15) is 19.4 Å². The summed E-state index contributed by atoms with van der Waals surface area (Å²) in [6.45, 7) is 10.0. The number of hydrogen-bond acceptors (Lipinski definition) is 3. The van der Waals surface area contributed by atoms with E-state index in [1.54, 1.807) is 0 Å². The van der Waals surface area contributed by atoms with Crippen molar-refractivity contribution in [3.63, 3.8) is 0 Å². The van der Waals surface area contributed by atoms with Crippen LogP contribution in [-0.2, 0) is 0 Å². The third-order valence-electron chi connectivity index (χ3n) is 3.72. The number of nitrogens with zero attached hydrogens (tertiary/aromatic N) is 1. The van der Waals surface area contributed by atoms with Crippen molar-refractivity contribution in [2.45, 2.75) is 20.8 Å². The van der Waals surface area contributed by atoms with Crippen molar-refractivity contribution in [2.75, 3.05) is 26.2 Å². The molecule has 2 aromatic rings. The molecule has 3 nitrogen and oxygen atoms in total. The highest BCUT2D eigenvalue weighted by Gasteiger charge is 2.08. The monoisotopic (exact) mass is 335 g/mol. The van der Waals surface area contributed by atoms with Crippen LogP contribution in [0.3, 0.4) is 0 Å². The van der Waals surface area contributed by atoms with E-state index in [1.807, 2.05) is 55.5 Å². The summed E-state index contributed by atoms with van der Waals surface area (Å²) in [6.07, 6.45) is 0. The van der Waals surface area contributed by atoms with Gasteiger partial charge in [0.1, 0.15) is 12.4 Å². The van der Waals surface area contributed by atoms with E-state index in [1.165, 1.54) is 0 Å². The zero-order valence-electron chi connectivity index (χ0n) is 14.1. The largest absolute Gasteiger partial charge is 0.488 e. The van der Waals surface area contributed by atoms with Gasteiger partial charge in [-0.1, -0.05) is 44.2 Å². The van der Waals surface area contributed by atoms with Crippen molar-refractivity contribution in [1.82, 2.24) is 4.90 Å². The Morgan fingerprint density at radius 2 is 1.39 bits per heavy atom. The quantitative estimate of drug-likeness (QED) is 0.682. The Kier molecular flexibility index (Phi) is 8.52.